The minimum atomic E-state index is -4.54. The third-order valence-corrected chi connectivity index (χ3v) is 6.60. The van der Waals surface area contributed by atoms with Crippen LogP contribution in [0.5, 0.6) is 11.5 Å². The van der Waals surface area contributed by atoms with Gasteiger partial charge < -0.3 is 25.9 Å². The lowest BCUT2D eigenvalue weighted by molar-refractivity contribution is -0.137. The molecule has 1 aliphatic carbocycles. The Balaban J connectivity index is 1.29. The van der Waals surface area contributed by atoms with Gasteiger partial charge in [0.1, 0.15) is 17.2 Å². The lowest BCUT2D eigenvalue weighted by Crippen LogP contribution is -2.28. The van der Waals surface area contributed by atoms with Crippen LogP contribution in [0, 0.1) is 5.92 Å². The number of fused-ring (bicyclic) bond motifs is 1. The largest absolute Gasteiger partial charge is 0.457 e. The molecule has 0 fully saturated rings. The average Bonchev–Trinajstić information content (AvgIpc) is 3.42. The number of imidazole rings is 1. The molecule has 202 valence electrons. The molecule has 1 amide bonds. The van der Waals surface area contributed by atoms with Crippen LogP contribution in [0.2, 0.25) is 0 Å². The Kier molecular flexibility index (Phi) is 7.36. The minimum absolute atomic E-state index is 0.0729. The van der Waals surface area contributed by atoms with Crippen LogP contribution < -0.4 is 15.8 Å². The lowest BCUT2D eigenvalue weighted by Gasteiger charge is -2.25. The molecule has 0 bridgehead atoms. The van der Waals surface area contributed by atoms with E-state index < -0.39 is 17.7 Å². The molecule has 39 heavy (non-hydrogen) atoms. The van der Waals surface area contributed by atoms with E-state index in [9.17, 15) is 23.1 Å². The number of alkyl halides is 3. The number of anilines is 1. The molecule has 1 unspecified atom stereocenters. The number of nitrogens with zero attached hydrogens (tertiary/aromatic N) is 2. The highest BCUT2D eigenvalue weighted by Gasteiger charge is 2.32. The number of aromatic nitrogens is 3. The molecule has 4 aromatic rings. The number of carbonyl (C=O) groups is 1. The Hall–Kier alpha value is -4.22. The topological polar surface area (TPSA) is 126 Å². The van der Waals surface area contributed by atoms with Gasteiger partial charge in [-0.05, 0) is 72.4 Å². The summed E-state index contributed by atoms with van der Waals surface area (Å²) in [5.74, 6) is 0.868. The minimum Gasteiger partial charge on any atom is -0.457 e. The van der Waals surface area contributed by atoms with Gasteiger partial charge in [0.25, 0.3) is 0 Å². The van der Waals surface area contributed by atoms with Crippen LogP contribution >= 0.6 is 0 Å². The fourth-order valence-electron chi connectivity index (χ4n) is 4.62. The highest BCUT2D eigenvalue weighted by molar-refractivity contribution is 5.93. The quantitative estimate of drug-likeness (QED) is 0.264. The molecule has 2 aromatic heterocycles. The molecule has 0 spiro atoms. The van der Waals surface area contributed by atoms with Crippen molar-refractivity contribution in [2.75, 3.05) is 5.32 Å². The number of benzene rings is 2. The van der Waals surface area contributed by atoms with Crippen molar-refractivity contribution in [2.24, 2.45) is 11.7 Å². The van der Waals surface area contributed by atoms with Gasteiger partial charge in [-0.25, -0.2) is 4.98 Å². The normalized spacial score (nSPS) is 15.1. The van der Waals surface area contributed by atoms with Crippen LogP contribution in [-0.2, 0) is 37.0 Å². The molecule has 5 N–H and O–H groups in total. The van der Waals surface area contributed by atoms with Gasteiger partial charge in [-0.15, -0.1) is 0 Å². The van der Waals surface area contributed by atoms with E-state index in [1.165, 1.54) is 6.07 Å². The van der Waals surface area contributed by atoms with Crippen LogP contribution in [0.15, 0.2) is 60.9 Å². The zero-order chi connectivity index (χ0) is 27.6. The van der Waals surface area contributed by atoms with Crippen molar-refractivity contribution >= 4 is 11.6 Å². The summed E-state index contributed by atoms with van der Waals surface area (Å²) in [7, 11) is 0. The molecular weight excluding hydrogens is 511 g/mol. The van der Waals surface area contributed by atoms with Crippen molar-refractivity contribution in [3.63, 3.8) is 0 Å². The Bertz CT molecular complexity index is 1500. The first kappa shape index (κ1) is 26.4. The number of hydrogen-bond donors (Lipinski definition) is 4. The highest BCUT2D eigenvalue weighted by atomic mass is 19.4. The molecule has 0 radical (unpaired) electrons. The van der Waals surface area contributed by atoms with Crippen molar-refractivity contribution in [1.82, 2.24) is 15.0 Å². The van der Waals surface area contributed by atoms with Gasteiger partial charge in [0.2, 0.25) is 5.91 Å². The second kappa shape index (κ2) is 10.9. The first-order valence-corrected chi connectivity index (χ1v) is 12.3. The predicted molar refractivity (Wildman–Crippen MR) is 138 cm³/mol. The summed E-state index contributed by atoms with van der Waals surface area (Å²) in [6.07, 6.45) is 0.322. The number of pyridine rings is 1. The van der Waals surface area contributed by atoms with Gasteiger partial charge in [0.05, 0.1) is 17.9 Å². The number of rotatable bonds is 7. The van der Waals surface area contributed by atoms with E-state index in [-0.39, 0.29) is 30.3 Å². The number of aliphatic hydroxyl groups is 1. The van der Waals surface area contributed by atoms with Crippen molar-refractivity contribution in [2.45, 2.75) is 38.6 Å². The molecule has 1 atom stereocenters. The Morgan fingerprint density at radius 2 is 1.95 bits per heavy atom. The van der Waals surface area contributed by atoms with E-state index in [0.29, 0.717) is 48.0 Å². The molecule has 2 aromatic carbocycles. The van der Waals surface area contributed by atoms with Crippen molar-refractivity contribution in [3.05, 3.63) is 88.9 Å². The standard InChI is InChI=1S/C28H26F3N5O3/c29-28(30,31)20-7-16(13-32)8-21(11-20)36-27(38)18-2-1-17-3-4-23(10-19(17)9-18)39-24-5-6-33-25(12-24)26-34-14-22(15-37)35-26/h3-8,10-12,14,18,37H,1-2,9,13,15,32H2,(H,34,35)(H,36,38). The van der Waals surface area contributed by atoms with Gasteiger partial charge >= 0.3 is 6.18 Å². The van der Waals surface area contributed by atoms with Gasteiger partial charge in [-0.3, -0.25) is 9.78 Å². The van der Waals surface area contributed by atoms with E-state index in [0.717, 1.165) is 23.3 Å². The Morgan fingerprint density at radius 3 is 2.69 bits per heavy atom. The van der Waals surface area contributed by atoms with Crippen LogP contribution in [0.4, 0.5) is 18.9 Å². The molecule has 0 saturated heterocycles. The smallest absolute Gasteiger partial charge is 0.416 e. The summed E-state index contributed by atoms with van der Waals surface area (Å²) in [4.78, 5) is 24.5. The number of hydrogen-bond acceptors (Lipinski definition) is 6. The van der Waals surface area contributed by atoms with Gasteiger partial charge in [0, 0.05) is 36.6 Å². The van der Waals surface area contributed by atoms with Crippen LogP contribution in [-0.4, -0.2) is 26.0 Å². The summed E-state index contributed by atoms with van der Waals surface area (Å²) in [5, 5.41) is 11.9. The fraction of sp³-hybridized carbons (Fsp3) is 0.250. The number of carbonyl (C=O) groups excluding carboxylic acids is 1. The Labute approximate surface area is 222 Å². The highest BCUT2D eigenvalue weighted by Crippen LogP contribution is 2.34. The summed E-state index contributed by atoms with van der Waals surface area (Å²) in [6.45, 7) is -0.258. The van der Waals surface area contributed by atoms with E-state index in [1.807, 2.05) is 18.2 Å². The number of amides is 1. The third kappa shape index (κ3) is 6.10. The molecule has 0 aliphatic heterocycles. The van der Waals surface area contributed by atoms with E-state index in [1.54, 1.807) is 24.5 Å². The van der Waals surface area contributed by atoms with Gasteiger partial charge in [-0.2, -0.15) is 13.2 Å². The number of H-pyrrole nitrogens is 1. The monoisotopic (exact) mass is 537 g/mol. The maximum atomic E-state index is 13.3. The number of aliphatic hydroxyl groups excluding tert-OH is 1. The SMILES string of the molecule is NCc1cc(NC(=O)C2CCc3ccc(Oc4ccnc(-c5nc(CO)c[nH]5)c4)cc3C2)cc(C(F)(F)F)c1. The zero-order valence-electron chi connectivity index (χ0n) is 20.8. The van der Waals surface area contributed by atoms with Crippen LogP contribution in [0.25, 0.3) is 11.5 Å². The molecule has 11 heteroatoms. The van der Waals surface area contributed by atoms with Crippen molar-refractivity contribution < 1.29 is 27.8 Å². The summed E-state index contributed by atoms with van der Waals surface area (Å²) in [5.41, 5.74) is 8.17. The second-order valence-corrected chi connectivity index (χ2v) is 9.36. The number of halogens is 3. The number of nitrogens with one attached hydrogen (secondary N) is 2. The predicted octanol–water partition coefficient (Wildman–Crippen LogP) is 4.98. The van der Waals surface area contributed by atoms with Crippen LogP contribution in [0.3, 0.4) is 0 Å². The van der Waals surface area contributed by atoms with E-state index in [4.69, 9.17) is 10.5 Å². The third-order valence-electron chi connectivity index (χ3n) is 6.60. The van der Waals surface area contributed by atoms with Gasteiger partial charge in [0.15, 0.2) is 5.82 Å². The van der Waals surface area contributed by atoms with E-state index >= 15 is 0 Å². The molecule has 8 nitrogen and oxygen atoms in total. The lowest BCUT2D eigenvalue weighted by atomic mass is 9.83. The molecule has 5 rings (SSSR count). The summed E-state index contributed by atoms with van der Waals surface area (Å²) < 4.78 is 45.9. The fourth-order valence-corrected chi connectivity index (χ4v) is 4.62. The Morgan fingerprint density at radius 1 is 1.13 bits per heavy atom. The second-order valence-electron chi connectivity index (χ2n) is 9.36. The number of aryl methyl sites for hydroxylation is 1. The first-order chi connectivity index (χ1) is 18.7. The van der Waals surface area contributed by atoms with E-state index in [2.05, 4.69) is 20.3 Å². The molecular formula is C28H26F3N5O3. The molecule has 0 saturated carbocycles. The van der Waals surface area contributed by atoms with Crippen molar-refractivity contribution in [1.29, 1.82) is 0 Å². The van der Waals surface area contributed by atoms with Crippen molar-refractivity contribution in [3.8, 4) is 23.0 Å². The first-order valence-electron chi connectivity index (χ1n) is 12.3. The number of ether oxygens (including phenoxy) is 1. The number of aromatic amines is 1. The number of nitrogens with two attached hydrogens (primary N) is 1. The maximum Gasteiger partial charge on any atom is 0.416 e. The molecule has 1 aliphatic rings. The van der Waals surface area contributed by atoms with Crippen LogP contribution in [0.1, 0.15) is 34.4 Å². The zero-order valence-corrected chi connectivity index (χ0v) is 20.8. The van der Waals surface area contributed by atoms with Gasteiger partial charge in [-0.1, -0.05) is 6.07 Å². The summed E-state index contributed by atoms with van der Waals surface area (Å²) >= 11 is 0. The summed E-state index contributed by atoms with van der Waals surface area (Å²) in [6, 6.07) is 12.5. The molecule has 2 heterocycles. The maximum absolute atomic E-state index is 13.3. The average molecular weight is 538 g/mol.